The van der Waals surface area contributed by atoms with Crippen molar-refractivity contribution in [3.8, 4) is 11.3 Å². The van der Waals surface area contributed by atoms with Gasteiger partial charge >= 0.3 is 12.1 Å². The summed E-state index contributed by atoms with van der Waals surface area (Å²) in [6.45, 7) is 8.08. The molecule has 0 atom stereocenters. The number of alkyl halides is 3. The second-order valence-electron chi connectivity index (χ2n) is 15.1. The van der Waals surface area contributed by atoms with Gasteiger partial charge in [-0.3, -0.25) is 14.6 Å². The van der Waals surface area contributed by atoms with Gasteiger partial charge in [0.05, 0.1) is 73.7 Å². The summed E-state index contributed by atoms with van der Waals surface area (Å²) < 4.78 is 88.9. The lowest BCUT2D eigenvalue weighted by atomic mass is 10.0. The number of carboxylic acid groups (broad SMARTS) is 1. The van der Waals surface area contributed by atoms with Crippen molar-refractivity contribution in [3.63, 3.8) is 0 Å². The van der Waals surface area contributed by atoms with Crippen LogP contribution in [0, 0.1) is 0 Å². The van der Waals surface area contributed by atoms with Gasteiger partial charge in [-0.1, -0.05) is 24.3 Å². The van der Waals surface area contributed by atoms with E-state index in [1.165, 1.54) is 48.7 Å². The highest BCUT2D eigenvalue weighted by atomic mass is 32.2. The minimum atomic E-state index is -4.50. The molecular formula is C49H56F3N5O10S. The van der Waals surface area contributed by atoms with Crippen molar-refractivity contribution in [2.24, 2.45) is 0 Å². The number of hydrogen-bond donors (Lipinski definition) is 4. The average molecular weight is 964 g/mol. The number of carboxylic acids is 1. The number of anilines is 2. The number of pyridine rings is 1. The van der Waals surface area contributed by atoms with Crippen LogP contribution in [0.3, 0.4) is 0 Å². The van der Waals surface area contributed by atoms with Crippen molar-refractivity contribution in [3.05, 3.63) is 143 Å². The van der Waals surface area contributed by atoms with E-state index in [4.69, 9.17) is 24.1 Å². The standard InChI is InChI=1S/C49H56F3N5O10S/c1-3-57(4-2)41-15-18-44(43(33-41)45-32-39(19-20-53-45)46(58)54-34-36-9-6-12-40(31-36)49(50,51)52)56-47(59)38-11-5-8-35(30-38)10-7-22-64-24-26-66-28-29-67-27-25-65-23-21-55-68(62,63)42-16-13-37(14-17-42)48(60)61/h5-6,8-9,11-20,30-33,55H,3-4,7,10,21-29,34H2,1-2H3,(H,54,58)(H,56,59)(H,60,61). The first-order valence-electron chi connectivity index (χ1n) is 22.0. The minimum absolute atomic E-state index is 0.00797. The van der Waals surface area contributed by atoms with Crippen molar-refractivity contribution < 1.29 is 60.0 Å². The van der Waals surface area contributed by atoms with Gasteiger partial charge in [-0.25, -0.2) is 17.9 Å². The molecule has 1 heterocycles. The molecule has 0 spiro atoms. The fraction of sp³-hybridized carbons (Fsp3) is 0.347. The van der Waals surface area contributed by atoms with Crippen LogP contribution in [-0.2, 0) is 48.1 Å². The molecular weight excluding hydrogens is 908 g/mol. The number of carbonyl (C=O) groups is 3. The van der Waals surface area contributed by atoms with Gasteiger partial charge in [-0.05, 0) is 117 Å². The van der Waals surface area contributed by atoms with Gasteiger partial charge in [-0.15, -0.1) is 0 Å². The Bertz CT molecular complexity index is 2540. The van der Waals surface area contributed by atoms with E-state index in [-0.39, 0.29) is 48.2 Å². The largest absolute Gasteiger partial charge is 0.478 e. The molecule has 19 heteroatoms. The Labute approximate surface area is 394 Å². The number of benzene rings is 4. The molecule has 0 unspecified atom stereocenters. The Hall–Kier alpha value is -6.22. The van der Waals surface area contributed by atoms with E-state index < -0.39 is 33.6 Å². The Balaban J connectivity index is 1.01. The number of nitrogens with zero attached hydrogens (tertiary/aromatic N) is 2. The number of halogens is 3. The quantitative estimate of drug-likeness (QED) is 0.0362. The van der Waals surface area contributed by atoms with Gasteiger partial charge in [0.2, 0.25) is 10.0 Å². The summed E-state index contributed by atoms with van der Waals surface area (Å²) in [7, 11) is -3.79. The van der Waals surface area contributed by atoms with Gasteiger partial charge in [0.15, 0.2) is 0 Å². The SMILES string of the molecule is CCN(CC)c1ccc(NC(=O)c2cccc(CCCOCCOCCOCCOCCNS(=O)(=O)c3ccc(C(=O)O)cc3)c2)c(-c2cc(C(=O)NCc3cccc(C(F)(F)F)c3)ccn2)c1. The van der Waals surface area contributed by atoms with Crippen molar-refractivity contribution in [2.45, 2.75) is 44.3 Å². The second-order valence-corrected chi connectivity index (χ2v) is 16.9. The lowest BCUT2D eigenvalue weighted by molar-refractivity contribution is -0.137. The number of aromatic nitrogens is 1. The topological polar surface area (TPSA) is 195 Å². The molecule has 0 bridgehead atoms. The molecule has 0 aliphatic rings. The van der Waals surface area contributed by atoms with Crippen LogP contribution in [0.5, 0.6) is 0 Å². The predicted octanol–water partition coefficient (Wildman–Crippen LogP) is 7.47. The summed E-state index contributed by atoms with van der Waals surface area (Å²) in [5.41, 5.74) is 3.50. The average Bonchev–Trinajstić information content (AvgIpc) is 3.33. The number of amides is 2. The van der Waals surface area contributed by atoms with E-state index >= 15 is 0 Å². The number of carbonyl (C=O) groups excluding carboxylic acids is 2. The molecule has 0 saturated carbocycles. The summed E-state index contributed by atoms with van der Waals surface area (Å²) in [5, 5.41) is 14.7. The Morgan fingerprint density at radius 2 is 1.32 bits per heavy atom. The van der Waals surface area contributed by atoms with E-state index in [2.05, 4.69) is 25.2 Å². The number of aryl methyl sites for hydroxylation is 1. The van der Waals surface area contributed by atoms with Crippen LogP contribution >= 0.6 is 0 Å². The fourth-order valence-electron chi connectivity index (χ4n) is 6.81. The van der Waals surface area contributed by atoms with Crippen molar-refractivity contribution in [1.82, 2.24) is 15.0 Å². The molecule has 364 valence electrons. The molecule has 0 saturated heterocycles. The fourth-order valence-corrected chi connectivity index (χ4v) is 7.82. The molecule has 0 radical (unpaired) electrons. The second kappa shape index (κ2) is 26.4. The van der Waals surface area contributed by atoms with Gasteiger partial charge in [0.25, 0.3) is 11.8 Å². The zero-order chi connectivity index (χ0) is 48.9. The number of hydrogen-bond acceptors (Lipinski definition) is 11. The lowest BCUT2D eigenvalue weighted by Crippen LogP contribution is -2.28. The zero-order valence-electron chi connectivity index (χ0n) is 37.8. The summed E-state index contributed by atoms with van der Waals surface area (Å²) in [6.07, 6.45) is -1.65. The Morgan fingerprint density at radius 3 is 1.99 bits per heavy atom. The van der Waals surface area contributed by atoms with Crippen LogP contribution in [0.25, 0.3) is 11.3 Å². The molecule has 4 aromatic carbocycles. The monoisotopic (exact) mass is 963 g/mol. The normalized spacial score (nSPS) is 11.6. The third-order valence-electron chi connectivity index (χ3n) is 10.4. The number of rotatable bonds is 28. The number of aromatic carboxylic acids is 1. The molecule has 15 nitrogen and oxygen atoms in total. The molecule has 1 aromatic heterocycles. The highest BCUT2D eigenvalue weighted by Gasteiger charge is 2.30. The van der Waals surface area contributed by atoms with Gasteiger partial charge in [-0.2, -0.15) is 13.2 Å². The Kier molecular flexibility index (Phi) is 20.4. The number of sulfonamides is 1. The highest BCUT2D eigenvalue weighted by molar-refractivity contribution is 7.89. The van der Waals surface area contributed by atoms with Crippen LogP contribution in [0.4, 0.5) is 24.5 Å². The number of ether oxygens (including phenoxy) is 4. The molecule has 68 heavy (non-hydrogen) atoms. The smallest absolute Gasteiger partial charge is 0.416 e. The summed E-state index contributed by atoms with van der Waals surface area (Å²) in [5.74, 6) is -1.98. The van der Waals surface area contributed by atoms with Crippen LogP contribution in [0.2, 0.25) is 0 Å². The summed E-state index contributed by atoms with van der Waals surface area (Å²) in [6, 6.07) is 25.7. The van der Waals surface area contributed by atoms with Crippen molar-refractivity contribution >= 4 is 39.2 Å². The minimum Gasteiger partial charge on any atom is -0.478 e. The first-order chi connectivity index (χ1) is 32.7. The molecule has 0 aliphatic heterocycles. The molecule has 5 aromatic rings. The third kappa shape index (κ3) is 16.5. The molecule has 0 fully saturated rings. The first kappa shape index (κ1) is 52.7. The zero-order valence-corrected chi connectivity index (χ0v) is 38.7. The highest BCUT2D eigenvalue weighted by Crippen LogP contribution is 2.33. The van der Waals surface area contributed by atoms with E-state index in [0.29, 0.717) is 80.6 Å². The van der Waals surface area contributed by atoms with Crippen LogP contribution in [0.15, 0.2) is 114 Å². The van der Waals surface area contributed by atoms with Gasteiger partial charge in [0, 0.05) is 61.4 Å². The van der Waals surface area contributed by atoms with Crippen molar-refractivity contribution in [1.29, 1.82) is 0 Å². The lowest BCUT2D eigenvalue weighted by Gasteiger charge is -2.23. The van der Waals surface area contributed by atoms with E-state index in [1.807, 2.05) is 44.2 Å². The third-order valence-corrected chi connectivity index (χ3v) is 11.9. The van der Waals surface area contributed by atoms with Crippen LogP contribution < -0.4 is 20.3 Å². The first-order valence-corrected chi connectivity index (χ1v) is 23.5. The molecule has 4 N–H and O–H groups in total. The molecule has 5 rings (SSSR count). The van der Waals surface area contributed by atoms with E-state index in [9.17, 15) is 36.0 Å². The van der Waals surface area contributed by atoms with Crippen LogP contribution in [0.1, 0.15) is 68.0 Å². The predicted molar refractivity (Wildman–Crippen MR) is 250 cm³/mol. The van der Waals surface area contributed by atoms with Gasteiger partial charge < -0.3 is 39.6 Å². The Morgan fingerprint density at radius 1 is 0.691 bits per heavy atom. The summed E-state index contributed by atoms with van der Waals surface area (Å²) in [4.78, 5) is 44.5. The van der Waals surface area contributed by atoms with Crippen LogP contribution in [-0.4, -0.2) is 109 Å². The van der Waals surface area contributed by atoms with E-state index in [1.54, 1.807) is 18.2 Å². The number of nitrogens with one attached hydrogen (secondary N) is 3. The summed E-state index contributed by atoms with van der Waals surface area (Å²) >= 11 is 0. The maximum absolute atomic E-state index is 13.7. The van der Waals surface area contributed by atoms with Crippen molar-refractivity contribution in [2.75, 3.05) is 82.7 Å². The molecule has 0 aliphatic carbocycles. The maximum Gasteiger partial charge on any atom is 0.416 e. The molecule has 2 amide bonds. The van der Waals surface area contributed by atoms with Gasteiger partial charge in [0.1, 0.15) is 0 Å². The maximum atomic E-state index is 13.7. The van der Waals surface area contributed by atoms with E-state index in [0.717, 1.165) is 36.5 Å².